The molecule has 2 heterocycles. The first-order valence-electron chi connectivity index (χ1n) is 24.1. The van der Waals surface area contributed by atoms with Crippen LogP contribution >= 0.6 is 0 Å². The Kier molecular flexibility index (Phi) is 11.0. The number of rotatable bonds is 6. The topological polar surface area (TPSA) is 9.72 Å². The second-order valence-electron chi connectivity index (χ2n) is 24.1. The number of hydrogen-bond donors (Lipinski definition) is 0. The summed E-state index contributed by atoms with van der Waals surface area (Å²) in [6.45, 7) is 35.2. The third-order valence-corrected chi connectivity index (χ3v) is 16.1. The van der Waals surface area contributed by atoms with E-state index in [2.05, 4.69) is 269 Å². The summed E-state index contributed by atoms with van der Waals surface area (Å²) >= 11 is 0. The van der Waals surface area contributed by atoms with Crippen molar-refractivity contribution in [2.24, 2.45) is 0 Å². The van der Waals surface area contributed by atoms with E-state index in [0.717, 1.165) is 28.4 Å². The Morgan fingerprint density at radius 1 is 0.379 bits per heavy atom. The highest BCUT2D eigenvalue weighted by Gasteiger charge is 2.45. The fourth-order valence-corrected chi connectivity index (χ4v) is 11.1. The summed E-state index contributed by atoms with van der Waals surface area (Å²) in [5.74, 6) is 0. The number of fused-ring (bicyclic) bond motifs is 4. The SMILES string of the molecule is CC(C)(C)c1ccc(N2c3ccc(C(C)(C)C)cc3B3c4cc(C(C)(C)C)ccc4N(c4ccc(C(C)(C)C)cc4)c4cc(N(c5ccccc5)c5ccc([Si](C)(C)C)cc5)cc2c43)cc1. The zero-order valence-electron chi connectivity index (χ0n) is 42.4. The van der Waals surface area contributed by atoms with Crippen LogP contribution < -0.4 is 36.3 Å². The molecule has 3 nitrogen and oxygen atoms in total. The average Bonchev–Trinajstić information content (AvgIpc) is 3.25. The van der Waals surface area contributed by atoms with Gasteiger partial charge in [0.1, 0.15) is 0 Å². The second kappa shape index (κ2) is 15.9. The van der Waals surface area contributed by atoms with Crippen LogP contribution in [0.4, 0.5) is 51.2 Å². The monoisotopic (exact) mass is 884 g/mol. The summed E-state index contributed by atoms with van der Waals surface area (Å²) in [5.41, 5.74) is 19.9. The molecule has 2 aliphatic rings. The summed E-state index contributed by atoms with van der Waals surface area (Å²) < 4.78 is 0. The summed E-state index contributed by atoms with van der Waals surface area (Å²) in [5, 5.41) is 1.45. The Hall–Kier alpha value is -5.78. The van der Waals surface area contributed by atoms with Gasteiger partial charge in [0.25, 0.3) is 6.71 Å². The Morgan fingerprint density at radius 3 is 1.14 bits per heavy atom. The number of nitrogens with zero attached hydrogens (tertiary/aromatic N) is 3. The molecule has 9 rings (SSSR count). The molecule has 0 amide bonds. The molecule has 2 aliphatic heterocycles. The molecule has 5 heteroatoms. The van der Waals surface area contributed by atoms with Crippen molar-refractivity contribution < 1.29 is 0 Å². The first-order valence-corrected chi connectivity index (χ1v) is 27.6. The van der Waals surface area contributed by atoms with E-state index in [9.17, 15) is 0 Å². The quantitative estimate of drug-likeness (QED) is 0.154. The van der Waals surface area contributed by atoms with Crippen LogP contribution in [0.15, 0.2) is 152 Å². The van der Waals surface area contributed by atoms with Gasteiger partial charge in [0.05, 0.1) is 13.8 Å². The highest BCUT2D eigenvalue weighted by Crippen LogP contribution is 2.49. The van der Waals surface area contributed by atoms with Crippen LogP contribution in [0.1, 0.15) is 105 Å². The Balaban J connectivity index is 1.42. The standard InChI is InChI=1S/C61H70BN3Si/c1-58(2,3)41-21-27-47(28-22-41)64-53-35-25-43(60(7,8)9)37-51(53)62-52-38-44(61(10,11)12)26-36-54(52)65(48-29-23-42(24-30-48)59(4,5)6)56-40-49(39-55(64)57(56)62)63(45-19-17-16-18-20-45)46-31-33-50(34-32-46)66(13,14)15/h16-40H,1-15H3. The van der Waals surface area contributed by atoms with Gasteiger partial charge in [-0.15, -0.1) is 0 Å². The summed E-state index contributed by atoms with van der Waals surface area (Å²) in [6.07, 6.45) is 0. The molecular weight excluding hydrogens is 814 g/mol. The Labute approximate surface area is 398 Å². The van der Waals surface area contributed by atoms with Crippen LogP contribution in [0.5, 0.6) is 0 Å². The fraction of sp³-hybridized carbons (Fsp3) is 0.311. The van der Waals surface area contributed by atoms with E-state index >= 15 is 0 Å². The molecule has 0 aliphatic carbocycles. The molecule has 0 spiro atoms. The molecule has 7 aromatic rings. The van der Waals surface area contributed by atoms with Gasteiger partial charge in [-0.3, -0.25) is 0 Å². The molecular formula is C61H70BN3Si. The van der Waals surface area contributed by atoms with E-state index in [1.807, 2.05) is 0 Å². The zero-order valence-corrected chi connectivity index (χ0v) is 43.4. The van der Waals surface area contributed by atoms with Crippen LogP contribution in [0.2, 0.25) is 19.6 Å². The predicted molar refractivity (Wildman–Crippen MR) is 293 cm³/mol. The van der Waals surface area contributed by atoms with Crippen LogP contribution in [-0.2, 0) is 21.7 Å². The van der Waals surface area contributed by atoms with Gasteiger partial charge in [-0.1, -0.05) is 187 Å². The maximum atomic E-state index is 2.57. The zero-order chi connectivity index (χ0) is 47.3. The van der Waals surface area contributed by atoms with Crippen molar-refractivity contribution in [1.82, 2.24) is 0 Å². The molecule has 0 saturated carbocycles. The lowest BCUT2D eigenvalue weighted by molar-refractivity contribution is 0.590. The van der Waals surface area contributed by atoms with E-state index in [1.54, 1.807) is 0 Å². The van der Waals surface area contributed by atoms with Crippen molar-refractivity contribution in [2.45, 2.75) is 124 Å². The van der Waals surface area contributed by atoms with E-state index in [-0.39, 0.29) is 28.4 Å². The van der Waals surface area contributed by atoms with Crippen molar-refractivity contribution >= 4 is 87.5 Å². The van der Waals surface area contributed by atoms with Crippen LogP contribution in [0, 0.1) is 0 Å². The lowest BCUT2D eigenvalue weighted by atomic mass is 9.33. The minimum atomic E-state index is -1.54. The molecule has 66 heavy (non-hydrogen) atoms. The van der Waals surface area contributed by atoms with Gasteiger partial charge in [0, 0.05) is 45.5 Å². The van der Waals surface area contributed by atoms with Crippen molar-refractivity contribution in [2.75, 3.05) is 14.7 Å². The van der Waals surface area contributed by atoms with E-state index in [1.165, 1.54) is 66.6 Å². The summed E-state index contributed by atoms with van der Waals surface area (Å²) in [6, 6.07) is 58.7. The van der Waals surface area contributed by atoms with Gasteiger partial charge in [-0.05, 0) is 133 Å². The van der Waals surface area contributed by atoms with Gasteiger partial charge >= 0.3 is 0 Å². The summed E-state index contributed by atoms with van der Waals surface area (Å²) in [4.78, 5) is 7.62. The van der Waals surface area contributed by atoms with Crippen molar-refractivity contribution in [3.8, 4) is 0 Å². The average molecular weight is 884 g/mol. The second-order valence-corrected chi connectivity index (χ2v) is 29.2. The number of anilines is 9. The first kappa shape index (κ1) is 45.4. The molecule has 7 aromatic carbocycles. The highest BCUT2D eigenvalue weighted by molar-refractivity contribution is 7.00. The maximum absolute atomic E-state index is 2.57. The largest absolute Gasteiger partial charge is 0.311 e. The molecule has 0 N–H and O–H groups in total. The Bertz CT molecular complexity index is 2770. The number of benzene rings is 7. The van der Waals surface area contributed by atoms with Gasteiger partial charge < -0.3 is 14.7 Å². The highest BCUT2D eigenvalue weighted by atomic mass is 28.3. The third kappa shape index (κ3) is 8.23. The van der Waals surface area contributed by atoms with E-state index in [4.69, 9.17) is 0 Å². The molecule has 0 bridgehead atoms. The number of para-hydroxylation sites is 1. The normalized spacial score (nSPS) is 13.9. The van der Waals surface area contributed by atoms with E-state index < -0.39 is 8.07 Å². The van der Waals surface area contributed by atoms with Crippen molar-refractivity contribution in [3.63, 3.8) is 0 Å². The minimum Gasteiger partial charge on any atom is -0.311 e. The van der Waals surface area contributed by atoms with Gasteiger partial charge in [0.2, 0.25) is 0 Å². The van der Waals surface area contributed by atoms with Crippen molar-refractivity contribution in [3.05, 3.63) is 174 Å². The van der Waals surface area contributed by atoms with Crippen LogP contribution in [0.3, 0.4) is 0 Å². The lowest BCUT2D eigenvalue weighted by Gasteiger charge is -2.45. The third-order valence-electron chi connectivity index (χ3n) is 14.0. The summed E-state index contributed by atoms with van der Waals surface area (Å²) in [7, 11) is -1.54. The Morgan fingerprint density at radius 2 is 0.758 bits per heavy atom. The number of hydrogen-bond acceptors (Lipinski definition) is 3. The molecule has 0 unspecified atom stereocenters. The molecule has 336 valence electrons. The lowest BCUT2D eigenvalue weighted by Crippen LogP contribution is -2.61. The van der Waals surface area contributed by atoms with Crippen LogP contribution in [0.25, 0.3) is 0 Å². The predicted octanol–water partition coefficient (Wildman–Crippen LogP) is 15.0. The van der Waals surface area contributed by atoms with E-state index in [0.29, 0.717) is 0 Å². The smallest absolute Gasteiger partial charge is 0.252 e. The molecule has 0 atom stereocenters. The minimum absolute atomic E-state index is 0.00458. The van der Waals surface area contributed by atoms with Gasteiger partial charge in [-0.25, -0.2) is 0 Å². The van der Waals surface area contributed by atoms with Gasteiger partial charge in [-0.2, -0.15) is 0 Å². The first-order chi connectivity index (χ1) is 30.9. The molecule has 0 aromatic heterocycles. The maximum Gasteiger partial charge on any atom is 0.252 e. The molecule has 0 fully saturated rings. The van der Waals surface area contributed by atoms with Crippen LogP contribution in [-0.4, -0.2) is 14.8 Å². The molecule has 0 radical (unpaired) electrons. The van der Waals surface area contributed by atoms with Gasteiger partial charge in [0.15, 0.2) is 0 Å². The van der Waals surface area contributed by atoms with Crippen molar-refractivity contribution in [1.29, 1.82) is 0 Å². The molecule has 0 saturated heterocycles. The fourth-order valence-electron chi connectivity index (χ4n) is 9.97.